The van der Waals surface area contributed by atoms with Crippen LogP contribution in [0.2, 0.25) is 0 Å². The highest BCUT2D eigenvalue weighted by Crippen LogP contribution is 2.34. The van der Waals surface area contributed by atoms with Crippen LogP contribution in [-0.2, 0) is 0 Å². The highest BCUT2D eigenvalue weighted by Gasteiger charge is 2.24. The lowest BCUT2D eigenvalue weighted by molar-refractivity contribution is 0.0983. The van der Waals surface area contributed by atoms with Crippen LogP contribution in [0.5, 0.6) is 5.75 Å². The molecule has 0 atom stereocenters. The van der Waals surface area contributed by atoms with Crippen molar-refractivity contribution in [3.63, 3.8) is 0 Å². The number of aromatic nitrogens is 1. The third kappa shape index (κ3) is 4.74. The fourth-order valence-corrected chi connectivity index (χ4v) is 5.07. The summed E-state index contributed by atoms with van der Waals surface area (Å²) in [6, 6.07) is 17.8. The van der Waals surface area contributed by atoms with E-state index in [1.807, 2.05) is 68.7 Å². The third-order valence-electron chi connectivity index (χ3n) is 5.10. The first-order valence-corrected chi connectivity index (χ1v) is 11.7. The van der Waals surface area contributed by atoms with Gasteiger partial charge >= 0.3 is 0 Å². The van der Waals surface area contributed by atoms with Gasteiger partial charge in [-0.05, 0) is 68.2 Å². The molecule has 4 aromatic rings. The number of carbonyl (C=O) groups excluding carboxylic acids is 1. The van der Waals surface area contributed by atoms with Gasteiger partial charge in [0.1, 0.15) is 5.75 Å². The van der Waals surface area contributed by atoms with Crippen molar-refractivity contribution in [2.75, 3.05) is 39.2 Å². The highest BCUT2D eigenvalue weighted by molar-refractivity contribution is 9.10. The van der Waals surface area contributed by atoms with E-state index in [1.54, 1.807) is 12.0 Å². The van der Waals surface area contributed by atoms with Crippen molar-refractivity contribution < 1.29 is 9.53 Å². The molecule has 7 heteroatoms. The highest BCUT2D eigenvalue weighted by atomic mass is 79.9. The van der Waals surface area contributed by atoms with E-state index < -0.39 is 0 Å². The number of carbonyl (C=O) groups is 1. The van der Waals surface area contributed by atoms with Gasteiger partial charge in [0.15, 0.2) is 5.13 Å². The standard InChI is InChI=1S/C24H24BrN3O2S/c1-27(2)11-6-12-28(24-26-20-10-9-18(25)15-22(20)31-24)23(29)19-13-16-7-4-5-8-17(16)14-21(19)30-3/h4-5,7-10,13-15H,6,11-12H2,1-3H3. The number of hydrogen-bond acceptors (Lipinski definition) is 5. The largest absolute Gasteiger partial charge is 0.496 e. The summed E-state index contributed by atoms with van der Waals surface area (Å²) < 4.78 is 7.64. The summed E-state index contributed by atoms with van der Waals surface area (Å²) in [6.45, 7) is 1.46. The Balaban J connectivity index is 1.76. The van der Waals surface area contributed by atoms with Gasteiger partial charge in [-0.25, -0.2) is 4.98 Å². The number of thiazole rings is 1. The van der Waals surface area contributed by atoms with Gasteiger partial charge in [0.2, 0.25) is 0 Å². The second kappa shape index (κ2) is 9.34. The Hall–Kier alpha value is -2.48. The Kier molecular flexibility index (Phi) is 6.55. The van der Waals surface area contributed by atoms with Crippen molar-refractivity contribution in [2.24, 2.45) is 0 Å². The summed E-state index contributed by atoms with van der Waals surface area (Å²) in [5, 5.41) is 2.75. The summed E-state index contributed by atoms with van der Waals surface area (Å²) in [5.41, 5.74) is 1.44. The number of nitrogens with zero attached hydrogens (tertiary/aromatic N) is 3. The molecule has 0 fully saturated rings. The maximum atomic E-state index is 13.8. The average Bonchev–Trinajstić information content (AvgIpc) is 3.17. The number of rotatable bonds is 7. The molecule has 0 saturated heterocycles. The first kappa shape index (κ1) is 21.7. The number of fused-ring (bicyclic) bond motifs is 2. The number of hydrogen-bond donors (Lipinski definition) is 0. The Morgan fingerprint density at radius 2 is 1.81 bits per heavy atom. The van der Waals surface area contributed by atoms with Gasteiger partial charge in [-0.2, -0.15) is 0 Å². The molecule has 3 aromatic carbocycles. The van der Waals surface area contributed by atoms with E-state index in [4.69, 9.17) is 9.72 Å². The van der Waals surface area contributed by atoms with Crippen LogP contribution in [0.25, 0.3) is 21.0 Å². The zero-order valence-corrected chi connectivity index (χ0v) is 20.2. The van der Waals surface area contributed by atoms with Crippen LogP contribution in [-0.4, -0.2) is 50.1 Å². The van der Waals surface area contributed by atoms with Gasteiger partial charge in [0, 0.05) is 11.0 Å². The molecule has 31 heavy (non-hydrogen) atoms. The van der Waals surface area contributed by atoms with Crippen molar-refractivity contribution in [3.05, 3.63) is 64.6 Å². The van der Waals surface area contributed by atoms with Gasteiger partial charge < -0.3 is 9.64 Å². The van der Waals surface area contributed by atoms with Crippen molar-refractivity contribution in [1.82, 2.24) is 9.88 Å². The molecule has 0 saturated carbocycles. The van der Waals surface area contributed by atoms with Gasteiger partial charge in [0.05, 0.1) is 22.9 Å². The van der Waals surface area contributed by atoms with Crippen LogP contribution in [0.1, 0.15) is 16.8 Å². The van der Waals surface area contributed by atoms with Crippen molar-refractivity contribution in [1.29, 1.82) is 0 Å². The predicted octanol–water partition coefficient (Wildman–Crippen LogP) is 5.82. The van der Waals surface area contributed by atoms with Gasteiger partial charge in [-0.3, -0.25) is 9.69 Å². The molecule has 1 heterocycles. The average molecular weight is 498 g/mol. The summed E-state index contributed by atoms with van der Waals surface area (Å²) in [7, 11) is 5.67. The fraction of sp³-hybridized carbons (Fsp3) is 0.250. The molecule has 0 unspecified atom stereocenters. The topological polar surface area (TPSA) is 45.7 Å². The van der Waals surface area contributed by atoms with E-state index >= 15 is 0 Å². The van der Waals surface area contributed by atoms with Crippen molar-refractivity contribution >= 4 is 59.3 Å². The Morgan fingerprint density at radius 3 is 2.52 bits per heavy atom. The maximum Gasteiger partial charge on any atom is 0.263 e. The summed E-state index contributed by atoms with van der Waals surface area (Å²) in [5.74, 6) is 0.477. The van der Waals surface area contributed by atoms with Crippen molar-refractivity contribution in [2.45, 2.75) is 6.42 Å². The number of benzene rings is 3. The van der Waals surface area contributed by atoms with E-state index in [0.717, 1.165) is 38.4 Å². The monoisotopic (exact) mass is 497 g/mol. The first-order chi connectivity index (χ1) is 15.0. The third-order valence-corrected chi connectivity index (χ3v) is 6.63. The zero-order chi connectivity index (χ0) is 22.0. The van der Waals surface area contributed by atoms with E-state index in [-0.39, 0.29) is 5.91 Å². The fourth-order valence-electron chi connectivity index (χ4n) is 3.53. The first-order valence-electron chi connectivity index (χ1n) is 10.1. The van der Waals surface area contributed by atoms with Crippen LogP contribution >= 0.6 is 27.3 Å². The molecule has 160 valence electrons. The zero-order valence-electron chi connectivity index (χ0n) is 17.8. The molecule has 1 amide bonds. The second-order valence-corrected chi connectivity index (χ2v) is 9.55. The molecule has 5 nitrogen and oxygen atoms in total. The van der Waals surface area contributed by atoms with Crippen LogP contribution in [0.4, 0.5) is 5.13 Å². The molecule has 0 aliphatic carbocycles. The smallest absolute Gasteiger partial charge is 0.263 e. The van der Waals surface area contributed by atoms with Gasteiger partial charge in [-0.1, -0.05) is 51.5 Å². The minimum atomic E-state index is -0.0977. The number of methoxy groups -OCH3 is 1. The van der Waals surface area contributed by atoms with Crippen LogP contribution in [0, 0.1) is 0 Å². The molecule has 1 aromatic heterocycles. The molecule has 0 bridgehead atoms. The second-order valence-electron chi connectivity index (χ2n) is 7.62. The van der Waals surface area contributed by atoms with Crippen molar-refractivity contribution in [3.8, 4) is 5.75 Å². The molecular weight excluding hydrogens is 474 g/mol. The summed E-state index contributed by atoms with van der Waals surface area (Å²) >= 11 is 5.05. The normalized spacial score (nSPS) is 11.4. The molecule has 4 rings (SSSR count). The lowest BCUT2D eigenvalue weighted by atomic mass is 10.0. The lowest BCUT2D eigenvalue weighted by Crippen LogP contribution is -2.33. The minimum absolute atomic E-state index is 0.0977. The number of ether oxygens (including phenoxy) is 1. The Morgan fingerprint density at radius 1 is 1.06 bits per heavy atom. The summed E-state index contributed by atoms with van der Waals surface area (Å²) in [4.78, 5) is 22.4. The molecular formula is C24H24BrN3O2S. The molecule has 0 spiro atoms. The Labute approximate surface area is 194 Å². The number of amides is 1. The molecule has 0 radical (unpaired) electrons. The van der Waals surface area contributed by atoms with Gasteiger partial charge in [0.25, 0.3) is 5.91 Å². The maximum absolute atomic E-state index is 13.8. The van der Waals surface area contributed by atoms with E-state index in [9.17, 15) is 4.79 Å². The van der Waals surface area contributed by atoms with E-state index in [0.29, 0.717) is 23.0 Å². The predicted molar refractivity (Wildman–Crippen MR) is 133 cm³/mol. The SMILES string of the molecule is COc1cc2ccccc2cc1C(=O)N(CCCN(C)C)c1nc2ccc(Br)cc2s1. The lowest BCUT2D eigenvalue weighted by Gasteiger charge is -2.22. The summed E-state index contributed by atoms with van der Waals surface area (Å²) in [6.07, 6.45) is 0.842. The number of anilines is 1. The molecule has 0 aliphatic heterocycles. The molecule has 0 aliphatic rings. The quantitative estimate of drug-likeness (QED) is 0.322. The number of halogens is 1. The van der Waals surface area contributed by atoms with Gasteiger partial charge in [-0.15, -0.1) is 0 Å². The van der Waals surface area contributed by atoms with E-state index in [1.165, 1.54) is 11.3 Å². The molecule has 0 N–H and O–H groups in total. The van der Waals surface area contributed by atoms with Crippen LogP contribution in [0.3, 0.4) is 0 Å². The minimum Gasteiger partial charge on any atom is -0.496 e. The Bertz CT molecular complexity index is 1240. The van der Waals surface area contributed by atoms with Crippen LogP contribution < -0.4 is 9.64 Å². The van der Waals surface area contributed by atoms with Crippen LogP contribution in [0.15, 0.2) is 59.1 Å². The van der Waals surface area contributed by atoms with E-state index in [2.05, 4.69) is 20.8 Å².